The monoisotopic (exact) mass is 1830 g/mol. The zero-order chi connectivity index (χ0) is 96.2. The van der Waals surface area contributed by atoms with Gasteiger partial charge in [0.25, 0.3) is 0 Å². The van der Waals surface area contributed by atoms with Crippen LogP contribution < -0.4 is 103 Å². The van der Waals surface area contributed by atoms with Gasteiger partial charge in [0.1, 0.15) is 90.3 Å². The Labute approximate surface area is 744 Å². The van der Waals surface area contributed by atoms with E-state index in [0.717, 1.165) is 6.92 Å². The van der Waals surface area contributed by atoms with Crippen LogP contribution >= 0.6 is 11.8 Å². The number of aromatic amines is 1. The summed E-state index contributed by atoms with van der Waals surface area (Å²) in [5, 5.41) is 105. The molecule has 32 N–H and O–H groups in total. The number of aliphatic carboxylic acids is 2. The number of H-pyrrole nitrogens is 1. The molecule has 0 aliphatic heterocycles. The van der Waals surface area contributed by atoms with Crippen molar-refractivity contribution in [1.29, 1.82) is 0 Å². The molecule has 0 saturated heterocycles. The highest BCUT2D eigenvalue weighted by molar-refractivity contribution is 7.98. The van der Waals surface area contributed by atoms with E-state index in [2.05, 4.69) is 79.4 Å². The molecule has 16 amide bonds. The van der Waals surface area contributed by atoms with E-state index in [1.165, 1.54) is 36.0 Å². The number of carboxylic acids is 2. The molecule has 0 radical (unpaired) electrons. The summed E-state index contributed by atoms with van der Waals surface area (Å²) in [7, 11) is 0. The number of nitrogens with two attached hydrogens (primary N) is 5. The number of aromatic hydroxyl groups is 1. The predicted molar refractivity (Wildman–Crippen MR) is 466 cm³/mol. The van der Waals surface area contributed by atoms with Crippen LogP contribution in [0.2, 0.25) is 0 Å². The van der Waals surface area contributed by atoms with Crippen molar-refractivity contribution in [3.63, 3.8) is 0 Å². The summed E-state index contributed by atoms with van der Waals surface area (Å²) in [5.41, 5.74) is 30.3. The van der Waals surface area contributed by atoms with Gasteiger partial charge in [-0.15, -0.1) is 0 Å². The molecule has 714 valence electrons. The lowest BCUT2D eigenvalue weighted by Gasteiger charge is -2.29. The summed E-state index contributed by atoms with van der Waals surface area (Å²) >= 11 is 1.25. The van der Waals surface area contributed by atoms with Gasteiger partial charge >= 0.3 is 11.9 Å². The first-order valence-electron chi connectivity index (χ1n) is 42.2. The van der Waals surface area contributed by atoms with Crippen molar-refractivity contribution in [2.75, 3.05) is 44.9 Å². The third kappa shape index (κ3) is 39.7. The number of para-hydroxylation sites is 1. The Kier molecular flexibility index (Phi) is 49.4. The summed E-state index contributed by atoms with van der Waals surface area (Å²) in [6.45, 7) is 8.16. The number of rotatable bonds is 62. The lowest BCUT2D eigenvalue weighted by molar-refractivity contribution is -0.143. The molecule has 3 rings (SSSR count). The minimum atomic E-state index is -2.09. The van der Waals surface area contributed by atoms with Gasteiger partial charge in [-0.3, -0.25) is 81.5 Å². The van der Waals surface area contributed by atoms with Gasteiger partial charge in [0, 0.05) is 42.8 Å². The number of primary amides is 2. The van der Waals surface area contributed by atoms with E-state index in [1.54, 1.807) is 64.4 Å². The van der Waals surface area contributed by atoms with E-state index >= 15 is 9.59 Å². The van der Waals surface area contributed by atoms with Gasteiger partial charge in [0.2, 0.25) is 94.5 Å². The number of carboxylic acid groups (broad SMARTS) is 2. The number of thioether (sulfide) groups is 1. The fraction of sp³-hybridized carbons (Fsp3) is 0.610. The van der Waals surface area contributed by atoms with E-state index in [1.807, 2.05) is 13.8 Å². The number of nitrogens with one attached hydrogen (secondary N) is 15. The van der Waals surface area contributed by atoms with E-state index < -0.39 is 261 Å². The Morgan fingerprint density at radius 3 is 1.19 bits per heavy atom. The van der Waals surface area contributed by atoms with Crippen LogP contribution in [0.1, 0.15) is 156 Å². The summed E-state index contributed by atoms with van der Waals surface area (Å²) < 4.78 is 0. The van der Waals surface area contributed by atoms with Gasteiger partial charge in [-0.1, -0.05) is 71.9 Å². The smallest absolute Gasteiger partial charge is 0.326 e. The Balaban J connectivity index is 2.01. The predicted octanol–water partition coefficient (Wildman–Crippen LogP) is -6.63. The number of unbranched alkanes of at least 4 members (excludes halogenated alkanes) is 2. The van der Waals surface area contributed by atoms with Crippen LogP contribution in [-0.2, 0) is 99.1 Å². The maximum atomic E-state index is 15.2. The molecule has 46 heteroatoms. The third-order valence-corrected chi connectivity index (χ3v) is 20.7. The van der Waals surface area contributed by atoms with Crippen LogP contribution in [0.5, 0.6) is 5.75 Å². The lowest BCUT2D eigenvalue weighted by Crippen LogP contribution is -2.63. The molecule has 0 saturated carbocycles. The molecule has 1 heterocycles. The molecule has 128 heavy (non-hydrogen) atoms. The number of aliphatic hydroxyl groups is 4. The van der Waals surface area contributed by atoms with Gasteiger partial charge in [-0.25, -0.2) is 4.79 Å². The zero-order valence-electron chi connectivity index (χ0n) is 73.2. The van der Waals surface area contributed by atoms with Crippen LogP contribution in [0.15, 0.2) is 54.7 Å². The average molecular weight is 1830 g/mol. The van der Waals surface area contributed by atoms with E-state index in [4.69, 9.17) is 33.8 Å². The largest absolute Gasteiger partial charge is 0.508 e. The van der Waals surface area contributed by atoms with Crippen LogP contribution in [0, 0.1) is 17.8 Å². The van der Waals surface area contributed by atoms with Crippen LogP contribution in [0.25, 0.3) is 10.9 Å². The average Bonchev–Trinajstić information content (AvgIpc) is 1.68. The maximum Gasteiger partial charge on any atom is 0.326 e. The van der Waals surface area contributed by atoms with Crippen molar-refractivity contribution in [3.05, 3.63) is 65.9 Å². The highest BCUT2D eigenvalue weighted by atomic mass is 32.2. The van der Waals surface area contributed by atoms with Crippen molar-refractivity contribution >= 4 is 129 Å². The molecule has 16 atom stereocenters. The lowest BCUT2D eigenvalue weighted by atomic mass is 10.0. The number of aliphatic hydroxyl groups excluding tert-OH is 4. The fourth-order valence-corrected chi connectivity index (χ4v) is 13.6. The molecule has 0 bridgehead atoms. The van der Waals surface area contributed by atoms with E-state index in [0.29, 0.717) is 41.3 Å². The second kappa shape index (κ2) is 57.2. The minimum absolute atomic E-state index is 0.00942. The third-order valence-electron chi connectivity index (χ3n) is 20.0. The van der Waals surface area contributed by atoms with Gasteiger partial charge < -0.3 is 144 Å². The molecule has 2 aromatic carbocycles. The SMILES string of the molecule is CSCC[C@H](NC(=O)[C@H](CCCCN)NC(=O)[C@H](Cc1c[nH]c2ccccc12)NC(=O)[C@H](CCC(N)=O)NC(=O)[C@H](Cc1ccc(O)cc1)NC(=O)[C@H](CO)NC(=O)[C@H](CCCCN)NC(=O)[C@@H](N)CC(C)C)C(=O)N[C@@H](CC(C)C)C(=O)N[C@@H](CC(N)=O)C(=O)N[C@H](C(=O)N[C@@H](CO)C(=O)N[C@@H](CO)C(=O)N[C@@H](CC(C)C)C(=O)N[C@@H](CCC(=O)O)C(=O)O)[C@@H](C)O. The number of carbonyl (C=O) groups excluding carboxylic acids is 16. The number of phenolic OH excluding ortho intramolecular Hbond substituents is 1. The molecule has 0 aliphatic rings. The summed E-state index contributed by atoms with van der Waals surface area (Å²) in [5.74, 6) is -21.3. The first kappa shape index (κ1) is 110. The fourth-order valence-electron chi connectivity index (χ4n) is 13.1. The highest BCUT2D eigenvalue weighted by Crippen LogP contribution is 2.22. The molecule has 0 fully saturated rings. The molecule has 0 unspecified atom stereocenters. The Hall–Kier alpha value is -11.7. The summed E-state index contributed by atoms with van der Waals surface area (Å²) in [4.78, 5) is 250. The second-order valence-electron chi connectivity index (χ2n) is 32.3. The minimum Gasteiger partial charge on any atom is -0.508 e. The molecule has 0 spiro atoms. The Morgan fingerprint density at radius 2 is 0.766 bits per heavy atom. The zero-order valence-corrected chi connectivity index (χ0v) is 74.0. The molecular weight excluding hydrogens is 1700 g/mol. The summed E-state index contributed by atoms with van der Waals surface area (Å²) in [6, 6.07) is -12.8. The van der Waals surface area contributed by atoms with Crippen molar-refractivity contribution in [1.82, 2.24) is 79.4 Å². The number of hydrogen-bond donors (Lipinski definition) is 27. The molecule has 1 aromatic heterocycles. The number of phenols is 1. The summed E-state index contributed by atoms with van der Waals surface area (Å²) in [6.07, 6.45) is -1.63. The van der Waals surface area contributed by atoms with E-state index in [9.17, 15) is 107 Å². The van der Waals surface area contributed by atoms with Gasteiger partial charge in [-0.2, -0.15) is 11.8 Å². The van der Waals surface area contributed by atoms with Crippen LogP contribution in [-0.4, -0.2) is 289 Å². The molecule has 3 aromatic rings. The van der Waals surface area contributed by atoms with Gasteiger partial charge in [0.15, 0.2) is 0 Å². The number of carbonyl (C=O) groups is 18. The van der Waals surface area contributed by atoms with Crippen molar-refractivity contribution in [3.8, 4) is 5.75 Å². The number of hydrogen-bond acceptors (Lipinski definition) is 27. The van der Waals surface area contributed by atoms with Gasteiger partial charge in [0.05, 0.1) is 38.4 Å². The molecule has 45 nitrogen and oxygen atoms in total. The van der Waals surface area contributed by atoms with Crippen molar-refractivity contribution in [2.45, 2.75) is 254 Å². The Morgan fingerprint density at radius 1 is 0.398 bits per heavy atom. The van der Waals surface area contributed by atoms with Crippen LogP contribution in [0.4, 0.5) is 0 Å². The van der Waals surface area contributed by atoms with Gasteiger partial charge in [-0.05, 0) is 156 Å². The topological polar surface area (TPSA) is 763 Å². The molecule has 0 aliphatic carbocycles. The number of aromatic nitrogens is 1. The van der Waals surface area contributed by atoms with Crippen molar-refractivity contribution < 1.29 is 122 Å². The van der Waals surface area contributed by atoms with E-state index in [-0.39, 0.29) is 94.2 Å². The Bertz CT molecular complexity index is 4210. The highest BCUT2D eigenvalue weighted by Gasteiger charge is 2.40. The first-order valence-corrected chi connectivity index (χ1v) is 43.6. The standard InChI is InChI=1S/C82H130N20O25S/c1-41(2)31-49(85)68(112)89-51(17-11-13-28-83)70(114)99-61(38-103)79(123)96-58(34-45-19-21-47(107)22-20-45)75(119)91-53(23-25-64(86)108)71(115)97-59(35-46-37-88-50-16-10-9-15-48(46)50)76(120)90-52(18-12-14-29-84)69(113)92-54(27-30-128-8)72(116)94-57(33-43(5)6)74(118)98-60(36-65(87)109)77(121)102-67(44(7)106)81(125)101-63(40-105)80(124)100-62(39-104)78(122)95-56(32-42(3)4)73(117)93-55(82(126)127)24-26-66(110)111/h9-10,15-16,19-22,37,41-44,49,51-63,67,88,103-107H,11-14,17-18,23-36,38-40,83-85H2,1-8H3,(H2,86,108)(H2,87,109)(H,89,112)(H,90,120)(H,91,119)(H,92,113)(H,93,117)(H,94,116)(H,95,122)(H,96,123)(H,97,115)(H,98,118)(H,99,114)(H,100,124)(H,101,125)(H,102,121)(H,110,111)(H,126,127)/t44-,49+,51+,52+,53+,54+,55+,56+,57+,58+,59+,60+,61+,62+,63+,67+/m1/s1. The van der Waals surface area contributed by atoms with Crippen molar-refractivity contribution in [2.24, 2.45) is 46.4 Å². The number of amides is 16. The molecular formula is C82H130N20O25S. The first-order chi connectivity index (χ1) is 60.4. The second-order valence-corrected chi connectivity index (χ2v) is 33.3. The number of benzene rings is 2. The normalized spacial score (nSPS) is 15.1. The maximum absolute atomic E-state index is 15.2. The van der Waals surface area contributed by atoms with Crippen LogP contribution in [0.3, 0.4) is 0 Å². The number of fused-ring (bicyclic) bond motifs is 1. The quantitative estimate of drug-likeness (QED) is 0.0234.